The highest BCUT2D eigenvalue weighted by molar-refractivity contribution is 6.42. The Kier molecular flexibility index (Phi) is 4.78. The molecule has 2 heterocycles. The van der Waals surface area contributed by atoms with Crippen LogP contribution >= 0.6 is 23.2 Å². The molecule has 1 aromatic carbocycles. The van der Waals surface area contributed by atoms with E-state index >= 15 is 0 Å². The van der Waals surface area contributed by atoms with Crippen LogP contribution in [0.15, 0.2) is 28.8 Å². The first-order chi connectivity index (χ1) is 14.8. The van der Waals surface area contributed by atoms with Crippen molar-refractivity contribution in [2.75, 3.05) is 0 Å². The number of hydrogen-bond donors (Lipinski definition) is 1. The van der Waals surface area contributed by atoms with Crippen LogP contribution in [0.3, 0.4) is 0 Å². The fourth-order valence-corrected chi connectivity index (χ4v) is 4.57. The first-order valence-electron chi connectivity index (χ1n) is 9.69. The van der Waals surface area contributed by atoms with Crippen LogP contribution in [0.2, 0.25) is 10.0 Å². The van der Waals surface area contributed by atoms with Crippen molar-refractivity contribution < 1.29 is 23.2 Å². The topological polar surface area (TPSA) is 94.0 Å². The maximum absolute atomic E-state index is 13.6. The van der Waals surface area contributed by atoms with Gasteiger partial charge in [-0.25, -0.2) is 8.78 Å². The highest BCUT2D eigenvalue weighted by Crippen LogP contribution is 2.55. The standard InChI is InChI=1S/C20H16Cl2F2N4O3/c21-12-3-1-2-11(15(12)22)20(4-5-20)19-25-17(31-27-19)13-8-14(16(23)24)28(26-13)10-6-9(7-10)18(29)30/h1-3,8-10,16H,4-7H2,(H,29,30). The van der Waals surface area contributed by atoms with E-state index in [1.54, 1.807) is 12.1 Å². The molecular weight excluding hydrogens is 453 g/mol. The summed E-state index contributed by atoms with van der Waals surface area (Å²) in [6.45, 7) is 0. The Morgan fingerprint density at radius 2 is 2.03 bits per heavy atom. The molecule has 0 atom stereocenters. The van der Waals surface area contributed by atoms with E-state index in [9.17, 15) is 13.6 Å². The van der Waals surface area contributed by atoms with E-state index in [-0.39, 0.29) is 30.1 Å². The third-order valence-electron chi connectivity index (χ3n) is 6.09. The molecule has 11 heteroatoms. The van der Waals surface area contributed by atoms with Crippen molar-refractivity contribution in [3.8, 4) is 11.6 Å². The minimum absolute atomic E-state index is 0.0224. The second-order valence-corrected chi connectivity index (χ2v) is 8.75. The van der Waals surface area contributed by atoms with E-state index in [0.29, 0.717) is 15.9 Å². The van der Waals surface area contributed by atoms with E-state index in [1.807, 2.05) is 6.07 Å². The molecule has 0 aliphatic heterocycles. The Morgan fingerprint density at radius 1 is 1.29 bits per heavy atom. The Bertz CT molecular complexity index is 1170. The fourth-order valence-electron chi connectivity index (χ4n) is 4.09. The predicted molar refractivity (Wildman–Crippen MR) is 106 cm³/mol. The molecule has 3 aromatic rings. The summed E-state index contributed by atoms with van der Waals surface area (Å²) in [7, 11) is 0. The van der Waals surface area contributed by atoms with Gasteiger partial charge in [0.05, 0.1) is 27.4 Å². The minimum atomic E-state index is -2.77. The van der Waals surface area contributed by atoms with Gasteiger partial charge in [0.15, 0.2) is 11.5 Å². The van der Waals surface area contributed by atoms with Crippen molar-refractivity contribution in [2.24, 2.45) is 5.92 Å². The third kappa shape index (κ3) is 3.30. The Hall–Kier alpha value is -2.52. The van der Waals surface area contributed by atoms with E-state index in [0.717, 1.165) is 18.4 Å². The summed E-state index contributed by atoms with van der Waals surface area (Å²) in [5.74, 6) is -1.06. The van der Waals surface area contributed by atoms with Gasteiger partial charge in [-0.15, -0.1) is 0 Å². The average molecular weight is 469 g/mol. The van der Waals surface area contributed by atoms with Crippen LogP contribution < -0.4 is 0 Å². The maximum Gasteiger partial charge on any atom is 0.306 e. The molecule has 31 heavy (non-hydrogen) atoms. The number of rotatable bonds is 6. The van der Waals surface area contributed by atoms with Gasteiger partial charge in [-0.3, -0.25) is 9.48 Å². The number of alkyl halides is 2. The molecule has 0 spiro atoms. The summed E-state index contributed by atoms with van der Waals surface area (Å²) in [5, 5.41) is 18.2. The number of aromatic nitrogens is 4. The van der Waals surface area contributed by atoms with Crippen molar-refractivity contribution >= 4 is 29.2 Å². The molecule has 0 radical (unpaired) electrons. The van der Waals surface area contributed by atoms with Crippen molar-refractivity contribution in [3.63, 3.8) is 0 Å². The smallest absolute Gasteiger partial charge is 0.306 e. The van der Waals surface area contributed by atoms with Crippen molar-refractivity contribution in [1.82, 2.24) is 19.9 Å². The summed E-state index contributed by atoms with van der Waals surface area (Å²) in [4.78, 5) is 15.5. The molecule has 0 bridgehead atoms. The van der Waals surface area contributed by atoms with Crippen LogP contribution in [0.25, 0.3) is 11.6 Å². The van der Waals surface area contributed by atoms with Crippen molar-refractivity contribution in [2.45, 2.75) is 43.6 Å². The largest absolute Gasteiger partial charge is 0.481 e. The molecule has 2 saturated carbocycles. The van der Waals surface area contributed by atoms with Crippen LogP contribution in [-0.4, -0.2) is 31.0 Å². The van der Waals surface area contributed by atoms with E-state index in [2.05, 4.69) is 15.2 Å². The average Bonchev–Trinajstić information content (AvgIpc) is 3.12. The second-order valence-electron chi connectivity index (χ2n) is 7.97. The molecule has 0 amide bonds. The van der Waals surface area contributed by atoms with Gasteiger partial charge in [0.25, 0.3) is 12.3 Å². The van der Waals surface area contributed by atoms with Crippen LogP contribution in [0, 0.1) is 5.92 Å². The highest BCUT2D eigenvalue weighted by Gasteiger charge is 2.51. The number of benzene rings is 1. The highest BCUT2D eigenvalue weighted by atomic mass is 35.5. The molecule has 162 valence electrons. The molecule has 0 saturated heterocycles. The summed E-state index contributed by atoms with van der Waals surface area (Å²) < 4.78 is 33.7. The Labute approximate surface area is 185 Å². The van der Waals surface area contributed by atoms with Crippen molar-refractivity contribution in [3.05, 3.63) is 51.4 Å². The Balaban J connectivity index is 1.46. The van der Waals surface area contributed by atoms with Crippen LogP contribution in [-0.2, 0) is 10.2 Å². The number of carboxylic acids is 1. The van der Waals surface area contributed by atoms with E-state index < -0.39 is 29.8 Å². The second kappa shape index (κ2) is 7.27. The van der Waals surface area contributed by atoms with Gasteiger partial charge in [-0.1, -0.05) is 40.5 Å². The van der Waals surface area contributed by atoms with Gasteiger partial charge < -0.3 is 9.63 Å². The number of aliphatic carboxylic acids is 1. The van der Waals surface area contributed by atoms with Gasteiger partial charge in [0, 0.05) is 0 Å². The van der Waals surface area contributed by atoms with Crippen LogP contribution in [0.4, 0.5) is 8.78 Å². The molecule has 2 aromatic heterocycles. The number of carboxylic acid groups (broad SMARTS) is 1. The zero-order valence-electron chi connectivity index (χ0n) is 15.9. The molecule has 2 aliphatic rings. The van der Waals surface area contributed by atoms with Gasteiger partial charge in [-0.05, 0) is 43.4 Å². The van der Waals surface area contributed by atoms with Gasteiger partial charge in [0.1, 0.15) is 5.69 Å². The lowest BCUT2D eigenvalue weighted by atomic mass is 9.80. The minimum Gasteiger partial charge on any atom is -0.481 e. The molecule has 5 rings (SSSR count). The first-order valence-corrected chi connectivity index (χ1v) is 10.4. The number of hydrogen-bond acceptors (Lipinski definition) is 5. The number of nitrogens with zero attached hydrogens (tertiary/aromatic N) is 4. The summed E-state index contributed by atoms with van der Waals surface area (Å²) in [6.07, 6.45) is -0.765. The molecule has 1 N–H and O–H groups in total. The monoisotopic (exact) mass is 468 g/mol. The lowest BCUT2D eigenvalue weighted by Gasteiger charge is -2.33. The van der Waals surface area contributed by atoms with Crippen molar-refractivity contribution in [1.29, 1.82) is 0 Å². The molecule has 2 fully saturated rings. The van der Waals surface area contributed by atoms with E-state index in [4.69, 9.17) is 32.8 Å². The van der Waals surface area contributed by atoms with Gasteiger partial charge in [-0.2, -0.15) is 10.1 Å². The number of halogens is 4. The summed E-state index contributed by atoms with van der Waals surface area (Å²) >= 11 is 12.5. The molecule has 2 aliphatic carbocycles. The Morgan fingerprint density at radius 3 is 2.68 bits per heavy atom. The van der Waals surface area contributed by atoms with Gasteiger partial charge in [0.2, 0.25) is 0 Å². The SMILES string of the molecule is O=C(O)C1CC(n2nc(-c3nc(C4(c5cccc(Cl)c5Cl)CC4)no3)cc2C(F)F)C1. The third-order valence-corrected chi connectivity index (χ3v) is 6.91. The summed E-state index contributed by atoms with van der Waals surface area (Å²) in [6, 6.07) is 6.16. The molecule has 0 unspecified atom stereocenters. The first kappa shape index (κ1) is 20.4. The lowest BCUT2D eigenvalue weighted by molar-refractivity contribution is -0.146. The predicted octanol–water partition coefficient (Wildman–Crippen LogP) is 5.29. The normalized spacial score (nSPS) is 21.8. The van der Waals surface area contributed by atoms with Gasteiger partial charge >= 0.3 is 5.97 Å². The summed E-state index contributed by atoms with van der Waals surface area (Å²) in [5.41, 5.74) is 0.0889. The number of carbonyl (C=O) groups is 1. The quantitative estimate of drug-likeness (QED) is 0.527. The molecular formula is C20H16Cl2F2N4O3. The zero-order valence-corrected chi connectivity index (χ0v) is 17.4. The lowest BCUT2D eigenvalue weighted by Crippen LogP contribution is -2.33. The van der Waals surface area contributed by atoms with E-state index in [1.165, 1.54) is 10.7 Å². The van der Waals surface area contributed by atoms with Crippen LogP contribution in [0.1, 0.15) is 55.2 Å². The molecule has 7 nitrogen and oxygen atoms in total. The fraction of sp³-hybridized carbons (Fsp3) is 0.400. The van der Waals surface area contributed by atoms with Crippen LogP contribution in [0.5, 0.6) is 0 Å². The maximum atomic E-state index is 13.6. The zero-order chi connectivity index (χ0) is 21.9.